The van der Waals surface area contributed by atoms with Crippen molar-refractivity contribution >= 4 is 11.6 Å². The Morgan fingerprint density at radius 3 is 2.14 bits per heavy atom. The normalized spacial score (nSPS) is 13.0. The number of benzene rings is 2. The summed E-state index contributed by atoms with van der Waals surface area (Å²) in [4.78, 5) is 0. The molecule has 2 aromatic carbocycles. The molecule has 0 spiro atoms. The van der Waals surface area contributed by atoms with Crippen molar-refractivity contribution in [1.29, 1.82) is 0 Å². The van der Waals surface area contributed by atoms with Crippen LogP contribution in [-0.4, -0.2) is 0 Å². The van der Waals surface area contributed by atoms with E-state index in [0.29, 0.717) is 0 Å². The van der Waals surface area contributed by atoms with E-state index in [-0.39, 0.29) is 0 Å². The fraction of sp³-hybridized carbons (Fsp3) is 0.333. The molecule has 144 valence electrons. The molecule has 1 heterocycles. The van der Waals surface area contributed by atoms with Crippen LogP contribution in [0.5, 0.6) is 0 Å². The molecule has 0 fully saturated rings. The molecule has 0 N–H and O–H groups in total. The van der Waals surface area contributed by atoms with Crippen molar-refractivity contribution in [3.8, 4) is 11.1 Å². The smallest absolute Gasteiger partial charge is 0.130 e. The lowest BCUT2D eigenvalue weighted by Gasteiger charge is -2.16. The maximum absolute atomic E-state index is 6.04. The van der Waals surface area contributed by atoms with E-state index in [0.717, 1.165) is 37.2 Å². The van der Waals surface area contributed by atoms with Gasteiger partial charge >= 0.3 is 0 Å². The molecule has 0 bridgehead atoms. The standard InChI is InChI=1S/C27H30O/c1-6-19-12-20(7-2)14-24(13-19)27-21(8-3)9-10-22-15-23(16-25(22)27)26-11-17(4)18(5)28-26/h9-14,16H,6-8,15H2,1-5H3. The van der Waals surface area contributed by atoms with Gasteiger partial charge in [0.15, 0.2) is 0 Å². The van der Waals surface area contributed by atoms with Gasteiger partial charge < -0.3 is 4.42 Å². The minimum atomic E-state index is 0.951. The van der Waals surface area contributed by atoms with Gasteiger partial charge in [0.1, 0.15) is 11.5 Å². The lowest BCUT2D eigenvalue weighted by atomic mass is 9.89. The molecule has 0 unspecified atom stereocenters. The molecule has 1 heteroatoms. The molecule has 0 saturated heterocycles. The van der Waals surface area contributed by atoms with Gasteiger partial charge in [-0.25, -0.2) is 0 Å². The largest absolute Gasteiger partial charge is 0.461 e. The summed E-state index contributed by atoms with van der Waals surface area (Å²) in [5.74, 6) is 2.04. The molecule has 0 atom stereocenters. The molecule has 28 heavy (non-hydrogen) atoms. The molecule has 4 rings (SSSR count). The summed E-state index contributed by atoms with van der Waals surface area (Å²) in [6.07, 6.45) is 6.51. The van der Waals surface area contributed by atoms with Gasteiger partial charge in [0.25, 0.3) is 0 Å². The van der Waals surface area contributed by atoms with Crippen LogP contribution < -0.4 is 0 Å². The van der Waals surface area contributed by atoms with Crippen molar-refractivity contribution in [2.45, 2.75) is 60.3 Å². The van der Waals surface area contributed by atoms with Crippen molar-refractivity contribution in [3.05, 3.63) is 81.3 Å². The van der Waals surface area contributed by atoms with Crippen LogP contribution in [0.3, 0.4) is 0 Å². The summed E-state index contributed by atoms with van der Waals surface area (Å²) < 4.78 is 6.04. The highest BCUT2D eigenvalue weighted by molar-refractivity contribution is 5.94. The number of fused-ring (bicyclic) bond motifs is 1. The van der Waals surface area contributed by atoms with Crippen LogP contribution >= 0.6 is 0 Å². The molecule has 0 amide bonds. The van der Waals surface area contributed by atoms with Gasteiger partial charge in [-0.3, -0.25) is 0 Å². The minimum absolute atomic E-state index is 0.951. The summed E-state index contributed by atoms with van der Waals surface area (Å²) in [6, 6.07) is 14.0. The van der Waals surface area contributed by atoms with Gasteiger partial charge in [-0.15, -0.1) is 0 Å². The fourth-order valence-corrected chi connectivity index (χ4v) is 4.30. The van der Waals surface area contributed by atoms with Crippen LogP contribution in [0.1, 0.15) is 65.7 Å². The average Bonchev–Trinajstić information content (AvgIpc) is 3.29. The Kier molecular flexibility index (Phi) is 5.02. The summed E-state index contributed by atoms with van der Waals surface area (Å²) in [6.45, 7) is 10.9. The van der Waals surface area contributed by atoms with Crippen LogP contribution in [0.2, 0.25) is 0 Å². The number of hydrogen-bond acceptors (Lipinski definition) is 1. The van der Waals surface area contributed by atoms with Crippen molar-refractivity contribution in [2.75, 3.05) is 0 Å². The quantitative estimate of drug-likeness (QED) is 0.457. The predicted octanol–water partition coefficient (Wildman–Crippen LogP) is 7.35. The van der Waals surface area contributed by atoms with Crippen LogP contribution in [0.25, 0.3) is 22.8 Å². The highest BCUT2D eigenvalue weighted by Gasteiger charge is 2.22. The zero-order valence-electron chi connectivity index (χ0n) is 17.8. The van der Waals surface area contributed by atoms with E-state index in [4.69, 9.17) is 4.42 Å². The van der Waals surface area contributed by atoms with Gasteiger partial charge in [-0.2, -0.15) is 0 Å². The maximum Gasteiger partial charge on any atom is 0.130 e. The molecule has 1 aliphatic rings. The molecule has 1 aromatic heterocycles. The average molecular weight is 371 g/mol. The van der Waals surface area contributed by atoms with Gasteiger partial charge in [0.05, 0.1) is 0 Å². The first kappa shape index (κ1) is 18.8. The van der Waals surface area contributed by atoms with Gasteiger partial charge in [0.2, 0.25) is 0 Å². The van der Waals surface area contributed by atoms with E-state index in [1.54, 1.807) is 0 Å². The Balaban J connectivity index is 1.89. The number of aryl methyl sites for hydroxylation is 5. The van der Waals surface area contributed by atoms with E-state index in [9.17, 15) is 0 Å². The minimum Gasteiger partial charge on any atom is -0.461 e. The third kappa shape index (κ3) is 3.24. The van der Waals surface area contributed by atoms with Crippen molar-refractivity contribution in [2.24, 2.45) is 0 Å². The SMILES string of the molecule is CCc1cc(CC)cc(-c2c(CC)ccc3c2C=C(c2cc(C)c(C)o2)C3)c1. The Morgan fingerprint density at radius 1 is 0.857 bits per heavy atom. The third-order valence-electron chi connectivity index (χ3n) is 6.14. The van der Waals surface area contributed by atoms with E-state index in [1.165, 1.54) is 50.1 Å². The first-order valence-corrected chi connectivity index (χ1v) is 10.6. The first-order valence-electron chi connectivity index (χ1n) is 10.6. The number of hydrogen-bond donors (Lipinski definition) is 0. The first-order chi connectivity index (χ1) is 13.5. The van der Waals surface area contributed by atoms with Crippen molar-refractivity contribution in [3.63, 3.8) is 0 Å². The van der Waals surface area contributed by atoms with Crippen molar-refractivity contribution in [1.82, 2.24) is 0 Å². The van der Waals surface area contributed by atoms with Crippen LogP contribution in [0, 0.1) is 13.8 Å². The molecule has 0 aliphatic heterocycles. The van der Waals surface area contributed by atoms with Crippen LogP contribution in [0.4, 0.5) is 0 Å². The van der Waals surface area contributed by atoms with Gasteiger partial charge in [-0.1, -0.05) is 51.1 Å². The molecule has 1 aliphatic carbocycles. The molecular formula is C27H30O. The highest BCUT2D eigenvalue weighted by atomic mass is 16.3. The summed E-state index contributed by atoms with van der Waals surface area (Å²) in [5.41, 5.74) is 12.4. The van der Waals surface area contributed by atoms with Gasteiger partial charge in [0, 0.05) is 6.42 Å². The molecule has 0 saturated carbocycles. The summed E-state index contributed by atoms with van der Waals surface area (Å²) in [7, 11) is 0. The lowest BCUT2D eigenvalue weighted by Crippen LogP contribution is -1.96. The lowest BCUT2D eigenvalue weighted by molar-refractivity contribution is 0.518. The summed E-state index contributed by atoms with van der Waals surface area (Å²) >= 11 is 0. The Bertz CT molecular complexity index is 1020. The molecule has 1 nitrogen and oxygen atoms in total. The molecular weight excluding hydrogens is 340 g/mol. The second-order valence-corrected chi connectivity index (χ2v) is 7.97. The van der Waals surface area contributed by atoms with E-state index in [1.807, 2.05) is 6.92 Å². The predicted molar refractivity (Wildman–Crippen MR) is 120 cm³/mol. The maximum atomic E-state index is 6.04. The monoisotopic (exact) mass is 370 g/mol. The topological polar surface area (TPSA) is 13.1 Å². The Morgan fingerprint density at radius 2 is 1.57 bits per heavy atom. The Hall–Kier alpha value is -2.54. The van der Waals surface area contributed by atoms with E-state index in [2.05, 4.69) is 70.2 Å². The number of furan rings is 1. The molecule has 3 aromatic rings. The van der Waals surface area contributed by atoms with Crippen molar-refractivity contribution < 1.29 is 4.42 Å². The van der Waals surface area contributed by atoms with Crippen LogP contribution in [-0.2, 0) is 25.7 Å². The fourth-order valence-electron chi connectivity index (χ4n) is 4.30. The summed E-state index contributed by atoms with van der Waals surface area (Å²) in [5, 5.41) is 0. The molecule has 0 radical (unpaired) electrons. The zero-order chi connectivity index (χ0) is 19.8. The zero-order valence-corrected chi connectivity index (χ0v) is 17.8. The van der Waals surface area contributed by atoms with E-state index < -0.39 is 0 Å². The van der Waals surface area contributed by atoms with Crippen LogP contribution in [0.15, 0.2) is 40.8 Å². The Labute approximate surface area is 169 Å². The highest BCUT2D eigenvalue weighted by Crippen LogP contribution is 2.41. The van der Waals surface area contributed by atoms with Gasteiger partial charge in [-0.05, 0) is 95.3 Å². The number of rotatable bonds is 5. The number of allylic oxidation sites excluding steroid dienone is 1. The second-order valence-electron chi connectivity index (χ2n) is 7.97. The second kappa shape index (κ2) is 7.47. The third-order valence-corrected chi connectivity index (χ3v) is 6.14. The van der Waals surface area contributed by atoms with E-state index >= 15 is 0 Å².